The van der Waals surface area contributed by atoms with Crippen molar-refractivity contribution in [2.24, 2.45) is 18.4 Å². The zero-order valence-electron chi connectivity index (χ0n) is 10.7. The predicted molar refractivity (Wildman–Crippen MR) is 81.5 cm³/mol. The summed E-state index contributed by atoms with van der Waals surface area (Å²) in [5.41, 5.74) is -0.135. The van der Waals surface area contributed by atoms with Crippen LogP contribution in [-0.4, -0.2) is 45.3 Å². The van der Waals surface area contributed by atoms with E-state index in [9.17, 15) is 8.42 Å². The normalized spacial score (nSPS) is 22.8. The van der Waals surface area contributed by atoms with Crippen molar-refractivity contribution in [1.29, 1.82) is 0 Å². The highest BCUT2D eigenvalue weighted by molar-refractivity contribution is 9.09. The van der Waals surface area contributed by atoms with Crippen LogP contribution >= 0.6 is 31.9 Å². The maximum Gasteiger partial charge on any atom is 0.150 e. The molecule has 0 bridgehead atoms. The Morgan fingerprint density at radius 3 is 2.58 bits per heavy atom. The van der Waals surface area contributed by atoms with Crippen molar-refractivity contribution in [3.8, 4) is 0 Å². The van der Waals surface area contributed by atoms with E-state index in [0.29, 0.717) is 5.75 Å². The van der Waals surface area contributed by atoms with E-state index >= 15 is 0 Å². The van der Waals surface area contributed by atoms with Crippen LogP contribution in [0.4, 0.5) is 0 Å². The van der Waals surface area contributed by atoms with Gasteiger partial charge >= 0.3 is 0 Å². The molecular weight excluding hydrogens is 398 g/mol. The van der Waals surface area contributed by atoms with Crippen LogP contribution in [0.1, 0.15) is 12.2 Å². The highest BCUT2D eigenvalue weighted by Crippen LogP contribution is 2.41. The molecule has 8 heteroatoms. The Balaban J connectivity index is 2.25. The van der Waals surface area contributed by atoms with Crippen LogP contribution in [0.3, 0.4) is 0 Å². The summed E-state index contributed by atoms with van der Waals surface area (Å²) >= 11 is 7.14. The molecule has 2 heterocycles. The van der Waals surface area contributed by atoms with Crippen molar-refractivity contribution in [3.63, 3.8) is 0 Å². The Morgan fingerprint density at radius 2 is 2.16 bits per heavy atom. The van der Waals surface area contributed by atoms with Crippen molar-refractivity contribution in [1.82, 2.24) is 14.8 Å². The molecule has 1 fully saturated rings. The molecule has 1 atom stereocenters. The third-order valence-electron chi connectivity index (χ3n) is 3.95. The van der Waals surface area contributed by atoms with E-state index in [1.165, 1.54) is 6.33 Å². The minimum atomic E-state index is -2.87. The maximum atomic E-state index is 11.7. The molecule has 0 amide bonds. The third-order valence-corrected chi connectivity index (χ3v) is 7.95. The van der Waals surface area contributed by atoms with E-state index in [0.717, 1.165) is 29.3 Å². The van der Waals surface area contributed by atoms with E-state index in [1.54, 1.807) is 4.68 Å². The molecule has 1 aliphatic heterocycles. The molecule has 108 valence electrons. The van der Waals surface area contributed by atoms with Gasteiger partial charge in [-0.2, -0.15) is 5.10 Å². The zero-order valence-corrected chi connectivity index (χ0v) is 14.7. The SMILES string of the molecule is Cn1ncnc1CC(CBr)(CBr)C1CCS(=O)(=O)C1. The topological polar surface area (TPSA) is 64.8 Å². The molecule has 1 saturated heterocycles. The highest BCUT2D eigenvalue weighted by Gasteiger charge is 2.44. The number of halogens is 2. The second kappa shape index (κ2) is 5.81. The van der Waals surface area contributed by atoms with Crippen molar-refractivity contribution in [2.45, 2.75) is 12.8 Å². The Bertz CT molecular complexity index is 540. The predicted octanol–water partition coefficient (Wildman–Crippen LogP) is 1.57. The summed E-state index contributed by atoms with van der Waals surface area (Å²) in [6.07, 6.45) is 2.99. The van der Waals surface area contributed by atoms with E-state index in [-0.39, 0.29) is 17.1 Å². The molecule has 0 aliphatic carbocycles. The molecule has 1 unspecified atom stereocenters. The molecule has 1 aromatic heterocycles. The molecule has 0 spiro atoms. The molecule has 19 heavy (non-hydrogen) atoms. The Hall–Kier alpha value is 0.0500. The van der Waals surface area contributed by atoms with Gasteiger partial charge in [-0.1, -0.05) is 31.9 Å². The fourth-order valence-corrected chi connectivity index (χ4v) is 6.75. The van der Waals surface area contributed by atoms with Crippen molar-refractivity contribution < 1.29 is 8.42 Å². The number of rotatable bonds is 5. The molecule has 1 aromatic rings. The van der Waals surface area contributed by atoms with Gasteiger partial charge in [0.2, 0.25) is 0 Å². The summed E-state index contributed by atoms with van der Waals surface area (Å²) in [6, 6.07) is 0. The smallest absolute Gasteiger partial charge is 0.150 e. The van der Waals surface area contributed by atoms with E-state index in [1.807, 2.05) is 7.05 Å². The Labute approximate surface area is 130 Å². The van der Waals surface area contributed by atoms with Gasteiger partial charge in [0.1, 0.15) is 12.2 Å². The first-order valence-corrected chi connectivity index (χ1v) is 10.1. The van der Waals surface area contributed by atoms with E-state index in [4.69, 9.17) is 0 Å². The number of alkyl halides is 2. The first-order chi connectivity index (χ1) is 8.92. The lowest BCUT2D eigenvalue weighted by molar-refractivity contribution is 0.245. The van der Waals surface area contributed by atoms with E-state index in [2.05, 4.69) is 41.9 Å². The molecule has 1 aliphatic rings. The largest absolute Gasteiger partial charge is 0.253 e. The van der Waals surface area contributed by atoms with Crippen molar-refractivity contribution in [3.05, 3.63) is 12.2 Å². The number of aromatic nitrogens is 3. The fourth-order valence-electron chi connectivity index (χ4n) is 2.57. The standard InChI is InChI=1S/C11H17Br2N3O2S/c1-16-10(14-8-15-16)4-11(6-12,7-13)9-2-3-19(17,18)5-9/h8-9H,2-7H2,1H3. The Morgan fingerprint density at radius 1 is 1.47 bits per heavy atom. The lowest BCUT2D eigenvalue weighted by Crippen LogP contribution is -2.38. The van der Waals surface area contributed by atoms with Crippen LogP contribution in [0.25, 0.3) is 0 Å². The van der Waals surface area contributed by atoms with Crippen LogP contribution in [0, 0.1) is 11.3 Å². The number of aryl methyl sites for hydroxylation is 1. The van der Waals surface area contributed by atoms with Gasteiger partial charge in [0.25, 0.3) is 0 Å². The van der Waals surface area contributed by atoms with Crippen LogP contribution in [0.5, 0.6) is 0 Å². The molecule has 5 nitrogen and oxygen atoms in total. The highest BCUT2D eigenvalue weighted by atomic mass is 79.9. The fraction of sp³-hybridized carbons (Fsp3) is 0.818. The van der Waals surface area contributed by atoms with Crippen LogP contribution in [0.15, 0.2) is 6.33 Å². The quantitative estimate of drug-likeness (QED) is 0.686. The van der Waals surface area contributed by atoms with Gasteiger partial charge in [0.05, 0.1) is 11.5 Å². The molecular formula is C11H17Br2N3O2S. The number of hydrogen-bond donors (Lipinski definition) is 0. The van der Waals surface area contributed by atoms with Gasteiger partial charge in [-0.05, 0) is 12.3 Å². The molecule has 0 aromatic carbocycles. The average Bonchev–Trinajstić information content (AvgIpc) is 2.93. The van der Waals surface area contributed by atoms with Crippen molar-refractivity contribution in [2.75, 3.05) is 22.2 Å². The summed E-state index contributed by atoms with van der Waals surface area (Å²) in [6.45, 7) is 0. The first kappa shape index (κ1) is 15.4. The second-order valence-electron chi connectivity index (χ2n) is 5.21. The lowest BCUT2D eigenvalue weighted by atomic mass is 9.75. The van der Waals surface area contributed by atoms with Gasteiger partial charge in [0, 0.05) is 29.5 Å². The number of sulfone groups is 1. The maximum absolute atomic E-state index is 11.7. The monoisotopic (exact) mass is 413 g/mol. The van der Waals surface area contributed by atoms with E-state index < -0.39 is 9.84 Å². The summed E-state index contributed by atoms with van der Waals surface area (Å²) in [7, 11) is -1.01. The van der Waals surface area contributed by atoms with Gasteiger partial charge in [-0.15, -0.1) is 0 Å². The average molecular weight is 415 g/mol. The van der Waals surface area contributed by atoms with Crippen LogP contribution < -0.4 is 0 Å². The molecule has 0 saturated carbocycles. The summed E-state index contributed by atoms with van der Waals surface area (Å²) < 4.78 is 25.2. The zero-order chi connectivity index (χ0) is 14.1. The number of hydrogen-bond acceptors (Lipinski definition) is 4. The van der Waals surface area contributed by atoms with Crippen molar-refractivity contribution >= 4 is 41.7 Å². The minimum Gasteiger partial charge on any atom is -0.253 e. The summed E-state index contributed by atoms with van der Waals surface area (Å²) in [5.74, 6) is 1.64. The molecule has 0 radical (unpaired) electrons. The van der Waals surface area contributed by atoms with Gasteiger partial charge < -0.3 is 0 Å². The van der Waals surface area contributed by atoms with Gasteiger partial charge in [0.15, 0.2) is 9.84 Å². The summed E-state index contributed by atoms with van der Waals surface area (Å²) in [5, 5.41) is 5.58. The van der Waals surface area contributed by atoms with Crippen LogP contribution in [0.2, 0.25) is 0 Å². The minimum absolute atomic E-state index is 0.135. The lowest BCUT2D eigenvalue weighted by Gasteiger charge is -2.35. The molecule has 0 N–H and O–H groups in total. The van der Waals surface area contributed by atoms with Gasteiger partial charge in [-0.25, -0.2) is 13.4 Å². The second-order valence-corrected chi connectivity index (χ2v) is 8.56. The van der Waals surface area contributed by atoms with Gasteiger partial charge in [-0.3, -0.25) is 4.68 Å². The summed E-state index contributed by atoms with van der Waals surface area (Å²) in [4.78, 5) is 4.27. The first-order valence-electron chi connectivity index (χ1n) is 6.08. The van der Waals surface area contributed by atoms with Crippen LogP contribution in [-0.2, 0) is 23.3 Å². The third kappa shape index (κ3) is 3.21. The molecule has 2 rings (SSSR count). The number of nitrogens with zero attached hydrogens (tertiary/aromatic N) is 3. The Kier molecular flexibility index (Phi) is 4.72.